The Morgan fingerprint density at radius 3 is 0.969 bits per heavy atom. The predicted octanol–water partition coefficient (Wildman–Crippen LogP) is 10.2. The van der Waals surface area contributed by atoms with E-state index in [1.54, 1.807) is 0 Å². The molecule has 0 heterocycles. The topological polar surface area (TPSA) is 18.5 Å². The van der Waals surface area contributed by atoms with E-state index < -0.39 is 0 Å². The molecule has 0 saturated carbocycles. The van der Waals surface area contributed by atoms with Gasteiger partial charge in [0.2, 0.25) is 0 Å². The van der Waals surface area contributed by atoms with Gasteiger partial charge in [0.15, 0.2) is 0 Å². The van der Waals surface area contributed by atoms with E-state index in [-0.39, 0.29) is 0 Å². The number of hydrogen-bond donors (Lipinski definition) is 0. The van der Waals surface area contributed by atoms with Crippen LogP contribution >= 0.6 is 0 Å². The second kappa shape index (κ2) is 15.1. The van der Waals surface area contributed by atoms with Gasteiger partial charge in [0.25, 0.3) is 0 Å². The summed E-state index contributed by atoms with van der Waals surface area (Å²) >= 11 is 0. The average Bonchev–Trinajstić information content (AvgIpc) is 2.81. The Labute approximate surface area is 197 Å². The highest BCUT2D eigenvalue weighted by Crippen LogP contribution is 2.34. The highest BCUT2D eigenvalue weighted by Gasteiger charge is 2.10. The van der Waals surface area contributed by atoms with Crippen LogP contribution in [-0.2, 0) is 0 Å². The van der Waals surface area contributed by atoms with Crippen molar-refractivity contribution in [2.24, 2.45) is 0 Å². The Morgan fingerprint density at radius 1 is 0.375 bits per heavy atom. The summed E-state index contributed by atoms with van der Waals surface area (Å²) in [4.78, 5) is 0. The molecule has 0 aliphatic carbocycles. The Morgan fingerprint density at radius 2 is 0.688 bits per heavy atom. The molecule has 0 N–H and O–H groups in total. The van der Waals surface area contributed by atoms with Crippen LogP contribution in [0.1, 0.15) is 74.9 Å². The zero-order valence-corrected chi connectivity index (χ0v) is 22.4. The van der Waals surface area contributed by atoms with Crippen LogP contribution < -0.4 is 9.47 Å². The summed E-state index contributed by atoms with van der Waals surface area (Å²) in [5.74, 6) is 3.44. The van der Waals surface area contributed by atoms with Crippen LogP contribution in [0.5, 0.6) is 23.0 Å². The van der Waals surface area contributed by atoms with Crippen molar-refractivity contribution in [1.29, 1.82) is 0 Å². The summed E-state index contributed by atoms with van der Waals surface area (Å²) in [6, 6.07) is 16.4. The Bertz CT molecular complexity index is 876. The van der Waals surface area contributed by atoms with Crippen LogP contribution in [0, 0.1) is 41.5 Å². The summed E-state index contributed by atoms with van der Waals surface area (Å²) in [5.41, 5.74) is 7.09. The molecule has 0 bridgehead atoms. The van der Waals surface area contributed by atoms with E-state index >= 15 is 0 Å². The quantitative estimate of drug-likeness (QED) is 0.405. The van der Waals surface area contributed by atoms with Crippen molar-refractivity contribution in [3.05, 3.63) is 81.9 Å². The van der Waals surface area contributed by atoms with Crippen LogP contribution in [0.4, 0.5) is 0 Å². The molecule has 0 aromatic heterocycles. The van der Waals surface area contributed by atoms with E-state index in [9.17, 15) is 0 Å². The van der Waals surface area contributed by atoms with Gasteiger partial charge in [0.1, 0.15) is 23.0 Å². The van der Waals surface area contributed by atoms with Gasteiger partial charge >= 0.3 is 0 Å². The molecule has 0 aliphatic rings. The zero-order valence-electron chi connectivity index (χ0n) is 22.4. The fraction of sp³-hybridized carbons (Fsp3) is 0.400. The molecule has 0 atom stereocenters. The third-order valence-corrected chi connectivity index (χ3v) is 4.88. The van der Waals surface area contributed by atoms with Crippen LogP contribution in [0.15, 0.2) is 48.5 Å². The summed E-state index contributed by atoms with van der Waals surface area (Å²) < 4.78 is 12.2. The number of ether oxygens (including phenoxy) is 2. The maximum absolute atomic E-state index is 6.11. The van der Waals surface area contributed by atoms with E-state index in [2.05, 4.69) is 52.0 Å². The minimum absolute atomic E-state index is 0.859. The number of benzene rings is 3. The van der Waals surface area contributed by atoms with Gasteiger partial charge in [-0.1, -0.05) is 53.7 Å². The highest BCUT2D eigenvalue weighted by atomic mass is 16.5. The molecule has 0 saturated heterocycles. The average molecular weight is 437 g/mol. The lowest BCUT2D eigenvalue weighted by molar-refractivity contribution is 0.462. The van der Waals surface area contributed by atoms with Crippen molar-refractivity contribution in [2.75, 3.05) is 0 Å². The van der Waals surface area contributed by atoms with Crippen molar-refractivity contribution >= 4 is 0 Å². The molecular weight excluding hydrogens is 392 g/mol. The summed E-state index contributed by atoms with van der Waals surface area (Å²) in [6.45, 7) is 24.5. The van der Waals surface area contributed by atoms with Crippen LogP contribution in [0.25, 0.3) is 0 Å². The molecular formula is C30H44O2. The lowest BCUT2D eigenvalue weighted by atomic mass is 10.1. The third kappa shape index (κ3) is 8.42. The van der Waals surface area contributed by atoms with Crippen molar-refractivity contribution in [1.82, 2.24) is 0 Å². The van der Waals surface area contributed by atoms with Gasteiger partial charge in [-0.15, -0.1) is 0 Å². The van der Waals surface area contributed by atoms with E-state index in [4.69, 9.17) is 9.47 Å². The van der Waals surface area contributed by atoms with E-state index in [1.165, 1.54) is 22.3 Å². The molecule has 176 valence electrons. The molecule has 2 heteroatoms. The first kappa shape index (κ1) is 29.3. The standard InChI is InChI=1S/C24H26O2.3C2H6/c1-15-7-9-21(11-17(15)3)25-23-13-20(6)24(14-19(23)5)26-22-10-8-16(2)18(4)12-22;3*1-2/h7-14H,1-6H3;3*1-2H3. The van der Waals surface area contributed by atoms with Gasteiger partial charge in [0, 0.05) is 0 Å². The fourth-order valence-corrected chi connectivity index (χ4v) is 2.79. The van der Waals surface area contributed by atoms with Gasteiger partial charge in [-0.05, 0) is 111 Å². The molecule has 2 nitrogen and oxygen atoms in total. The molecule has 0 spiro atoms. The SMILES string of the molecule is CC.CC.CC.Cc1ccc(Oc2cc(C)c(Oc3ccc(C)c(C)c3)cc2C)cc1C. The van der Waals surface area contributed by atoms with Gasteiger partial charge in [-0.2, -0.15) is 0 Å². The second-order valence-corrected chi connectivity index (χ2v) is 7.08. The molecule has 3 aromatic carbocycles. The monoisotopic (exact) mass is 436 g/mol. The van der Waals surface area contributed by atoms with Gasteiger partial charge in [-0.3, -0.25) is 0 Å². The van der Waals surface area contributed by atoms with Crippen LogP contribution in [0.2, 0.25) is 0 Å². The summed E-state index contributed by atoms with van der Waals surface area (Å²) in [6.07, 6.45) is 0. The smallest absolute Gasteiger partial charge is 0.130 e. The molecule has 0 aliphatic heterocycles. The Hall–Kier alpha value is -2.74. The maximum atomic E-state index is 6.11. The van der Waals surface area contributed by atoms with Crippen LogP contribution in [0.3, 0.4) is 0 Å². The maximum Gasteiger partial charge on any atom is 0.130 e. The third-order valence-electron chi connectivity index (χ3n) is 4.88. The normalized spacial score (nSPS) is 9.25. The molecule has 0 unspecified atom stereocenters. The van der Waals surface area contributed by atoms with Crippen molar-refractivity contribution < 1.29 is 9.47 Å². The minimum Gasteiger partial charge on any atom is -0.457 e. The number of aryl methyl sites for hydroxylation is 6. The van der Waals surface area contributed by atoms with Crippen molar-refractivity contribution in [2.45, 2.75) is 83.1 Å². The largest absolute Gasteiger partial charge is 0.457 e. The van der Waals surface area contributed by atoms with Crippen LogP contribution in [-0.4, -0.2) is 0 Å². The lowest BCUT2D eigenvalue weighted by Crippen LogP contribution is -1.94. The second-order valence-electron chi connectivity index (χ2n) is 7.08. The first-order valence-corrected chi connectivity index (χ1v) is 11.9. The highest BCUT2D eigenvalue weighted by molar-refractivity contribution is 5.49. The molecule has 32 heavy (non-hydrogen) atoms. The predicted molar refractivity (Wildman–Crippen MR) is 142 cm³/mol. The number of hydrogen-bond acceptors (Lipinski definition) is 2. The first-order valence-electron chi connectivity index (χ1n) is 11.9. The summed E-state index contributed by atoms with van der Waals surface area (Å²) in [7, 11) is 0. The fourth-order valence-electron chi connectivity index (χ4n) is 2.79. The first-order chi connectivity index (χ1) is 15.3. The van der Waals surface area contributed by atoms with Crippen molar-refractivity contribution in [3.8, 4) is 23.0 Å². The molecule has 0 amide bonds. The molecule has 3 rings (SSSR count). The minimum atomic E-state index is 0.859. The molecule has 0 fully saturated rings. The van der Waals surface area contributed by atoms with Gasteiger partial charge < -0.3 is 9.47 Å². The molecule has 0 radical (unpaired) electrons. The van der Waals surface area contributed by atoms with E-state index in [0.29, 0.717) is 0 Å². The Kier molecular flexibility index (Phi) is 13.8. The van der Waals surface area contributed by atoms with E-state index in [0.717, 1.165) is 34.1 Å². The Balaban J connectivity index is 0.00000148. The zero-order chi connectivity index (χ0) is 24.8. The molecule has 3 aromatic rings. The van der Waals surface area contributed by atoms with E-state index in [1.807, 2.05) is 79.7 Å². The van der Waals surface area contributed by atoms with Gasteiger partial charge in [-0.25, -0.2) is 0 Å². The number of rotatable bonds is 4. The van der Waals surface area contributed by atoms with Gasteiger partial charge in [0.05, 0.1) is 0 Å². The summed E-state index contributed by atoms with van der Waals surface area (Å²) in [5, 5.41) is 0. The lowest BCUT2D eigenvalue weighted by Gasteiger charge is -2.15. The van der Waals surface area contributed by atoms with Crippen molar-refractivity contribution in [3.63, 3.8) is 0 Å².